The van der Waals surface area contributed by atoms with E-state index in [0.717, 1.165) is 53.2 Å². The minimum absolute atomic E-state index is 0.600. The Morgan fingerprint density at radius 1 is 1.03 bits per heavy atom. The van der Waals surface area contributed by atoms with Crippen molar-refractivity contribution in [1.29, 1.82) is 0 Å². The van der Waals surface area contributed by atoms with E-state index >= 15 is 0 Å². The fraction of sp³-hybridized carbons (Fsp3) is 0.458. The molecule has 31 heavy (non-hydrogen) atoms. The van der Waals surface area contributed by atoms with Crippen LogP contribution in [0.15, 0.2) is 36.4 Å². The van der Waals surface area contributed by atoms with Crippen molar-refractivity contribution in [2.24, 2.45) is 0 Å². The fourth-order valence-corrected chi connectivity index (χ4v) is 5.21. The Kier molecular flexibility index (Phi) is 6.53. The molecule has 0 aliphatic carbocycles. The van der Waals surface area contributed by atoms with Crippen molar-refractivity contribution in [2.75, 3.05) is 24.6 Å². The lowest BCUT2D eigenvalue weighted by Crippen LogP contribution is -2.30. The summed E-state index contributed by atoms with van der Waals surface area (Å²) in [5.74, 6) is 1.64. The first-order chi connectivity index (χ1) is 14.9. The van der Waals surface area contributed by atoms with Crippen LogP contribution in [0.25, 0.3) is 0 Å². The van der Waals surface area contributed by atoms with Gasteiger partial charge in [-0.2, -0.15) is 0 Å². The highest BCUT2D eigenvalue weighted by Crippen LogP contribution is 2.37. The van der Waals surface area contributed by atoms with Crippen molar-refractivity contribution < 1.29 is 9.84 Å². The van der Waals surface area contributed by atoms with Gasteiger partial charge in [-0.05, 0) is 51.8 Å². The summed E-state index contributed by atoms with van der Waals surface area (Å²) in [6.45, 7) is 8.16. The van der Waals surface area contributed by atoms with Crippen LogP contribution >= 0.6 is 11.3 Å². The van der Waals surface area contributed by atoms with Gasteiger partial charge in [0.25, 0.3) is 0 Å². The van der Waals surface area contributed by atoms with E-state index in [1.54, 1.807) is 11.3 Å². The van der Waals surface area contributed by atoms with Gasteiger partial charge in [0.1, 0.15) is 16.4 Å². The second-order valence-electron chi connectivity index (χ2n) is 8.26. The van der Waals surface area contributed by atoms with E-state index in [0.29, 0.717) is 26.0 Å². The Balaban J connectivity index is 1.42. The van der Waals surface area contributed by atoms with Crippen molar-refractivity contribution in [2.45, 2.75) is 52.1 Å². The minimum atomic E-state index is -0.901. The first-order valence-electron chi connectivity index (χ1n) is 10.9. The van der Waals surface area contributed by atoms with Crippen molar-refractivity contribution in [3.05, 3.63) is 63.4 Å². The molecule has 164 valence electrons. The van der Waals surface area contributed by atoms with Gasteiger partial charge in [0, 0.05) is 42.2 Å². The molecule has 1 N–H and O–H groups in total. The molecule has 3 heterocycles. The van der Waals surface area contributed by atoms with Crippen molar-refractivity contribution >= 4 is 17.3 Å². The van der Waals surface area contributed by atoms with Gasteiger partial charge in [-0.3, -0.25) is 0 Å². The maximum Gasteiger partial charge on any atom is 0.225 e. The lowest BCUT2D eigenvalue weighted by Gasteiger charge is -2.25. The number of hydrogen-bond acceptors (Lipinski definition) is 7. The van der Waals surface area contributed by atoms with Gasteiger partial charge in [-0.25, -0.2) is 15.0 Å². The first-order valence-corrected chi connectivity index (χ1v) is 11.7. The predicted octanol–water partition coefficient (Wildman–Crippen LogP) is 4.36. The Morgan fingerprint density at radius 2 is 1.77 bits per heavy atom. The number of anilines is 1. The molecule has 0 saturated carbocycles. The average Bonchev–Trinajstić information content (AvgIpc) is 2.99. The molecule has 1 aliphatic rings. The van der Waals surface area contributed by atoms with Crippen molar-refractivity contribution in [3.8, 4) is 5.75 Å². The number of aromatic nitrogens is 3. The number of benzene rings is 1. The Labute approximate surface area is 188 Å². The first kappa shape index (κ1) is 21.7. The van der Waals surface area contributed by atoms with Gasteiger partial charge in [0.05, 0.1) is 12.3 Å². The van der Waals surface area contributed by atoms with Crippen LogP contribution in [-0.4, -0.2) is 39.8 Å². The number of hydrogen-bond donors (Lipinski definition) is 1. The number of ether oxygens (including phenoxy) is 1. The van der Waals surface area contributed by atoms with Crippen LogP contribution in [0, 0.1) is 20.8 Å². The van der Waals surface area contributed by atoms with Gasteiger partial charge in [0.2, 0.25) is 5.95 Å². The molecule has 7 heteroatoms. The minimum Gasteiger partial charge on any atom is -0.493 e. The summed E-state index contributed by atoms with van der Waals surface area (Å²) < 4.78 is 5.84. The van der Waals surface area contributed by atoms with E-state index in [-0.39, 0.29) is 0 Å². The highest BCUT2D eigenvalue weighted by molar-refractivity contribution is 7.11. The Hall–Kier alpha value is -2.51. The number of thiazole rings is 1. The van der Waals surface area contributed by atoms with Crippen LogP contribution in [0.1, 0.15) is 46.2 Å². The van der Waals surface area contributed by atoms with Gasteiger partial charge in [-0.15, -0.1) is 11.3 Å². The molecule has 4 rings (SSSR count). The van der Waals surface area contributed by atoms with Crippen LogP contribution in [0.5, 0.6) is 5.75 Å². The summed E-state index contributed by atoms with van der Waals surface area (Å²) in [5, 5.41) is 12.3. The Bertz CT molecular complexity index is 1000. The van der Waals surface area contributed by atoms with E-state index in [1.165, 1.54) is 4.88 Å². The molecule has 1 unspecified atom stereocenters. The molecule has 1 fully saturated rings. The third-order valence-corrected chi connectivity index (χ3v) is 7.11. The summed E-state index contributed by atoms with van der Waals surface area (Å²) >= 11 is 1.62. The maximum absolute atomic E-state index is 11.5. The number of para-hydroxylation sites is 1. The standard InChI is InChI=1S/C24H30N4O2S/c1-17-16-18(2)26-23(25-17)28-13-7-11-24(29,12-14-28)22-27-19(3)21(31-22)10-15-30-20-8-5-4-6-9-20/h4-6,8-9,16,29H,7,10-15H2,1-3H3. The molecular weight excluding hydrogens is 408 g/mol. The lowest BCUT2D eigenvalue weighted by molar-refractivity contribution is 0.0241. The molecule has 0 bridgehead atoms. The molecule has 1 saturated heterocycles. The summed E-state index contributed by atoms with van der Waals surface area (Å²) in [5.41, 5.74) is 2.03. The van der Waals surface area contributed by atoms with Crippen molar-refractivity contribution in [1.82, 2.24) is 15.0 Å². The second kappa shape index (κ2) is 9.32. The van der Waals surface area contributed by atoms with Gasteiger partial charge < -0.3 is 14.7 Å². The van der Waals surface area contributed by atoms with E-state index in [4.69, 9.17) is 9.72 Å². The normalized spacial score (nSPS) is 19.3. The van der Waals surface area contributed by atoms with Crippen LogP contribution in [0.4, 0.5) is 5.95 Å². The zero-order chi connectivity index (χ0) is 21.8. The molecule has 1 atom stereocenters. The maximum atomic E-state index is 11.5. The third kappa shape index (κ3) is 5.22. The van der Waals surface area contributed by atoms with E-state index in [1.807, 2.05) is 57.2 Å². The van der Waals surface area contributed by atoms with Crippen LogP contribution < -0.4 is 9.64 Å². The van der Waals surface area contributed by atoms with E-state index in [2.05, 4.69) is 14.9 Å². The fourth-order valence-electron chi connectivity index (χ4n) is 4.02. The van der Waals surface area contributed by atoms with Gasteiger partial charge in [0.15, 0.2) is 0 Å². The summed E-state index contributed by atoms with van der Waals surface area (Å²) in [6, 6.07) is 11.8. The van der Waals surface area contributed by atoms with Crippen LogP contribution in [0.3, 0.4) is 0 Å². The van der Waals surface area contributed by atoms with Crippen molar-refractivity contribution in [3.63, 3.8) is 0 Å². The van der Waals surface area contributed by atoms with Crippen LogP contribution in [-0.2, 0) is 12.0 Å². The average molecular weight is 439 g/mol. The molecular formula is C24H30N4O2S. The second-order valence-corrected chi connectivity index (χ2v) is 9.35. The molecule has 0 amide bonds. The summed E-state index contributed by atoms with van der Waals surface area (Å²) in [6.07, 6.45) is 2.98. The van der Waals surface area contributed by atoms with E-state index < -0.39 is 5.60 Å². The number of aryl methyl sites for hydroxylation is 3. The Morgan fingerprint density at radius 3 is 2.52 bits per heavy atom. The monoisotopic (exact) mass is 438 g/mol. The highest BCUT2D eigenvalue weighted by atomic mass is 32.1. The predicted molar refractivity (Wildman–Crippen MR) is 124 cm³/mol. The molecule has 3 aromatic rings. The number of nitrogens with zero attached hydrogens (tertiary/aromatic N) is 4. The molecule has 1 aliphatic heterocycles. The topological polar surface area (TPSA) is 71.4 Å². The third-order valence-electron chi connectivity index (χ3n) is 5.70. The highest BCUT2D eigenvalue weighted by Gasteiger charge is 2.36. The lowest BCUT2D eigenvalue weighted by atomic mass is 9.96. The molecule has 2 aromatic heterocycles. The number of rotatable bonds is 6. The van der Waals surface area contributed by atoms with Crippen LogP contribution in [0.2, 0.25) is 0 Å². The zero-order valence-corrected chi connectivity index (χ0v) is 19.3. The van der Waals surface area contributed by atoms with Gasteiger partial charge >= 0.3 is 0 Å². The molecule has 0 spiro atoms. The molecule has 1 aromatic carbocycles. The quantitative estimate of drug-likeness (QED) is 0.617. The van der Waals surface area contributed by atoms with Gasteiger partial charge in [-0.1, -0.05) is 18.2 Å². The smallest absolute Gasteiger partial charge is 0.225 e. The zero-order valence-electron chi connectivity index (χ0n) is 18.5. The number of aliphatic hydroxyl groups is 1. The SMILES string of the molecule is Cc1cc(C)nc(N2CCCC(O)(c3nc(C)c(CCOc4ccccc4)s3)CC2)n1. The molecule has 6 nitrogen and oxygen atoms in total. The summed E-state index contributed by atoms with van der Waals surface area (Å²) in [4.78, 5) is 17.3. The van der Waals surface area contributed by atoms with E-state index in [9.17, 15) is 5.11 Å². The summed E-state index contributed by atoms with van der Waals surface area (Å²) in [7, 11) is 0. The largest absolute Gasteiger partial charge is 0.493 e. The molecule has 0 radical (unpaired) electrons.